The van der Waals surface area contributed by atoms with Gasteiger partial charge in [0, 0.05) is 19.0 Å². The summed E-state index contributed by atoms with van der Waals surface area (Å²) in [6.07, 6.45) is 9.02. The highest BCUT2D eigenvalue weighted by atomic mass is 16.1. The van der Waals surface area contributed by atoms with Crippen molar-refractivity contribution in [2.24, 2.45) is 5.92 Å². The summed E-state index contributed by atoms with van der Waals surface area (Å²) in [5.41, 5.74) is 2.14. The molecule has 4 heteroatoms. The van der Waals surface area contributed by atoms with Gasteiger partial charge in [-0.3, -0.25) is 4.79 Å². The number of carbonyl (C=O) groups is 1. The Kier molecular flexibility index (Phi) is 6.13. The average Bonchev–Trinajstić information content (AvgIpc) is 2.62. The number of hydrogen-bond donors (Lipinski definition) is 2. The van der Waals surface area contributed by atoms with Gasteiger partial charge in [-0.15, -0.1) is 0 Å². The fourth-order valence-corrected chi connectivity index (χ4v) is 4.14. The SMILES string of the molecule is C[C@H]1CCCC[C@@H]1[NH2+]CC(=O)Nc1ccccc1N1CCCCC1. The van der Waals surface area contributed by atoms with Gasteiger partial charge in [-0.2, -0.15) is 0 Å². The Morgan fingerprint density at radius 2 is 1.88 bits per heavy atom. The van der Waals surface area contributed by atoms with Crippen molar-refractivity contribution < 1.29 is 10.1 Å². The minimum Gasteiger partial charge on any atom is -0.370 e. The van der Waals surface area contributed by atoms with Crippen LogP contribution in [0.25, 0.3) is 0 Å². The number of rotatable bonds is 5. The zero-order chi connectivity index (χ0) is 16.8. The summed E-state index contributed by atoms with van der Waals surface area (Å²) in [6.45, 7) is 5.05. The Morgan fingerprint density at radius 1 is 1.12 bits per heavy atom. The van der Waals surface area contributed by atoms with E-state index in [9.17, 15) is 4.79 Å². The predicted octanol–water partition coefficient (Wildman–Crippen LogP) is 2.76. The summed E-state index contributed by atoms with van der Waals surface area (Å²) in [4.78, 5) is 14.8. The Balaban J connectivity index is 1.56. The average molecular weight is 330 g/mol. The lowest BCUT2D eigenvalue weighted by Gasteiger charge is -2.30. The Bertz CT molecular complexity index is 539. The van der Waals surface area contributed by atoms with Gasteiger partial charge in [0.05, 0.1) is 17.4 Å². The van der Waals surface area contributed by atoms with Crippen LogP contribution in [0.5, 0.6) is 0 Å². The van der Waals surface area contributed by atoms with Crippen LogP contribution in [-0.4, -0.2) is 31.6 Å². The Morgan fingerprint density at radius 3 is 2.67 bits per heavy atom. The standard InChI is InChI=1S/C20H31N3O/c1-16-9-3-4-10-17(16)21-15-20(24)22-18-11-5-6-12-19(18)23-13-7-2-8-14-23/h5-6,11-12,16-17,21H,2-4,7-10,13-15H2,1H3,(H,22,24)/p+1/t16-,17-/m0/s1. The molecule has 132 valence electrons. The highest BCUT2D eigenvalue weighted by Gasteiger charge is 2.25. The summed E-state index contributed by atoms with van der Waals surface area (Å²) < 4.78 is 0. The number of carbonyl (C=O) groups excluding carboxylic acids is 1. The van der Waals surface area contributed by atoms with E-state index >= 15 is 0 Å². The van der Waals surface area contributed by atoms with E-state index in [1.165, 1.54) is 50.6 Å². The first-order valence-electron chi connectivity index (χ1n) is 9.71. The molecular weight excluding hydrogens is 298 g/mol. The molecule has 2 atom stereocenters. The van der Waals surface area contributed by atoms with Crippen LogP contribution in [0.15, 0.2) is 24.3 Å². The van der Waals surface area contributed by atoms with Crippen molar-refractivity contribution in [2.75, 3.05) is 29.9 Å². The molecule has 1 heterocycles. The maximum Gasteiger partial charge on any atom is 0.279 e. The smallest absolute Gasteiger partial charge is 0.279 e. The molecule has 0 unspecified atom stereocenters. The maximum absolute atomic E-state index is 12.4. The topological polar surface area (TPSA) is 49.0 Å². The van der Waals surface area contributed by atoms with Crippen molar-refractivity contribution in [1.29, 1.82) is 0 Å². The molecule has 1 aromatic carbocycles. The van der Waals surface area contributed by atoms with Crippen LogP contribution in [0.2, 0.25) is 0 Å². The first kappa shape index (κ1) is 17.3. The van der Waals surface area contributed by atoms with Gasteiger partial charge < -0.3 is 15.5 Å². The fraction of sp³-hybridized carbons (Fsp3) is 0.650. The maximum atomic E-state index is 12.4. The minimum absolute atomic E-state index is 0.122. The predicted molar refractivity (Wildman–Crippen MR) is 99.3 cm³/mol. The molecular formula is C20H32N3O+. The number of benzene rings is 1. The van der Waals surface area contributed by atoms with Gasteiger partial charge in [-0.05, 0) is 50.7 Å². The van der Waals surface area contributed by atoms with Gasteiger partial charge >= 0.3 is 0 Å². The minimum atomic E-state index is 0.122. The van der Waals surface area contributed by atoms with E-state index in [0.717, 1.165) is 24.7 Å². The number of piperidine rings is 1. The van der Waals surface area contributed by atoms with Crippen LogP contribution in [0.4, 0.5) is 11.4 Å². The molecule has 0 radical (unpaired) electrons. The Labute approximate surface area is 146 Å². The van der Waals surface area contributed by atoms with E-state index in [1.807, 2.05) is 12.1 Å². The second kappa shape index (κ2) is 8.52. The molecule has 1 aromatic rings. The van der Waals surface area contributed by atoms with E-state index in [4.69, 9.17) is 0 Å². The molecule has 1 amide bonds. The van der Waals surface area contributed by atoms with Crippen LogP contribution in [0, 0.1) is 5.92 Å². The molecule has 1 saturated heterocycles. The van der Waals surface area contributed by atoms with Crippen molar-refractivity contribution >= 4 is 17.3 Å². The normalized spacial score (nSPS) is 24.6. The molecule has 0 bridgehead atoms. The van der Waals surface area contributed by atoms with Crippen molar-refractivity contribution in [3.63, 3.8) is 0 Å². The van der Waals surface area contributed by atoms with Crippen molar-refractivity contribution in [3.05, 3.63) is 24.3 Å². The zero-order valence-electron chi connectivity index (χ0n) is 15.0. The highest BCUT2D eigenvalue weighted by Crippen LogP contribution is 2.28. The van der Waals surface area contributed by atoms with Gasteiger partial charge in [0.1, 0.15) is 0 Å². The highest BCUT2D eigenvalue weighted by molar-refractivity contribution is 5.94. The van der Waals surface area contributed by atoms with Crippen LogP contribution in [-0.2, 0) is 4.79 Å². The van der Waals surface area contributed by atoms with Crippen LogP contribution >= 0.6 is 0 Å². The van der Waals surface area contributed by atoms with Crippen LogP contribution in [0.3, 0.4) is 0 Å². The lowest BCUT2D eigenvalue weighted by atomic mass is 9.86. The van der Waals surface area contributed by atoms with Crippen molar-refractivity contribution in [3.8, 4) is 0 Å². The quantitative estimate of drug-likeness (QED) is 0.872. The second-order valence-electron chi connectivity index (χ2n) is 7.48. The molecule has 3 rings (SSSR count). The third-order valence-electron chi connectivity index (χ3n) is 5.66. The summed E-state index contributed by atoms with van der Waals surface area (Å²) >= 11 is 0. The molecule has 0 aromatic heterocycles. The number of para-hydroxylation sites is 2. The molecule has 24 heavy (non-hydrogen) atoms. The summed E-state index contributed by atoms with van der Waals surface area (Å²) in [5.74, 6) is 0.851. The lowest BCUT2D eigenvalue weighted by Crippen LogP contribution is -2.93. The van der Waals surface area contributed by atoms with E-state index in [0.29, 0.717) is 12.6 Å². The first-order valence-corrected chi connectivity index (χ1v) is 9.71. The number of anilines is 2. The molecule has 4 nitrogen and oxygen atoms in total. The number of quaternary nitrogens is 1. The van der Waals surface area contributed by atoms with Gasteiger partial charge in [-0.1, -0.05) is 25.5 Å². The van der Waals surface area contributed by atoms with Crippen LogP contribution in [0.1, 0.15) is 51.9 Å². The monoisotopic (exact) mass is 330 g/mol. The summed E-state index contributed by atoms with van der Waals surface area (Å²) in [6, 6.07) is 8.85. The summed E-state index contributed by atoms with van der Waals surface area (Å²) in [5, 5.41) is 5.40. The number of nitrogens with two attached hydrogens (primary N) is 1. The lowest BCUT2D eigenvalue weighted by molar-refractivity contribution is -0.687. The number of amides is 1. The van der Waals surface area contributed by atoms with Crippen molar-refractivity contribution in [2.45, 2.75) is 57.9 Å². The second-order valence-corrected chi connectivity index (χ2v) is 7.48. The largest absolute Gasteiger partial charge is 0.370 e. The number of nitrogens with zero attached hydrogens (tertiary/aromatic N) is 1. The molecule has 0 spiro atoms. The van der Waals surface area contributed by atoms with Gasteiger partial charge in [0.2, 0.25) is 0 Å². The third kappa shape index (κ3) is 4.50. The number of hydrogen-bond acceptors (Lipinski definition) is 2. The molecule has 3 N–H and O–H groups in total. The van der Waals surface area contributed by atoms with E-state index in [1.54, 1.807) is 0 Å². The molecule has 1 saturated carbocycles. The van der Waals surface area contributed by atoms with Gasteiger partial charge in [0.15, 0.2) is 6.54 Å². The number of nitrogens with one attached hydrogen (secondary N) is 1. The fourth-order valence-electron chi connectivity index (χ4n) is 4.14. The van der Waals surface area contributed by atoms with E-state index in [-0.39, 0.29) is 5.91 Å². The van der Waals surface area contributed by atoms with E-state index < -0.39 is 0 Å². The molecule has 2 aliphatic rings. The molecule has 2 fully saturated rings. The van der Waals surface area contributed by atoms with E-state index in [2.05, 4.69) is 34.6 Å². The first-order chi connectivity index (χ1) is 11.7. The van der Waals surface area contributed by atoms with Crippen LogP contribution < -0.4 is 15.5 Å². The van der Waals surface area contributed by atoms with Gasteiger partial charge in [-0.25, -0.2) is 0 Å². The third-order valence-corrected chi connectivity index (χ3v) is 5.66. The van der Waals surface area contributed by atoms with Crippen molar-refractivity contribution in [1.82, 2.24) is 0 Å². The Hall–Kier alpha value is -1.55. The molecule has 1 aliphatic carbocycles. The molecule has 1 aliphatic heterocycles. The zero-order valence-corrected chi connectivity index (χ0v) is 15.0. The summed E-state index contributed by atoms with van der Waals surface area (Å²) in [7, 11) is 0. The van der Waals surface area contributed by atoms with Gasteiger partial charge in [0.25, 0.3) is 5.91 Å².